The zero-order valence-corrected chi connectivity index (χ0v) is 13.0. The predicted molar refractivity (Wildman–Crippen MR) is 87.5 cm³/mol. The lowest BCUT2D eigenvalue weighted by molar-refractivity contribution is 0.197. The number of piperidine rings is 1. The third kappa shape index (κ3) is 3.66. The van der Waals surface area contributed by atoms with Crippen molar-refractivity contribution in [3.05, 3.63) is 36.1 Å². The Balaban J connectivity index is 1.76. The standard InChI is InChI=1S/C18H26N2O/c1-2-10-19-16(14-20-11-6-3-7-12-20)18-13-15-8-4-5-9-17(15)21-18/h4-5,8-9,13,16,19H,2-3,6-7,10-12,14H2,1H3. The molecule has 2 heterocycles. The van der Waals surface area contributed by atoms with Crippen molar-refractivity contribution >= 4 is 11.0 Å². The average molecular weight is 286 g/mol. The molecule has 1 aromatic heterocycles. The number of fused-ring (bicyclic) bond motifs is 1. The Morgan fingerprint density at radius 1 is 1.19 bits per heavy atom. The van der Waals surface area contributed by atoms with Crippen LogP contribution in [0.15, 0.2) is 34.7 Å². The van der Waals surface area contributed by atoms with Crippen molar-refractivity contribution in [2.24, 2.45) is 0 Å². The number of nitrogens with zero attached hydrogens (tertiary/aromatic N) is 1. The van der Waals surface area contributed by atoms with Gasteiger partial charge in [0.25, 0.3) is 0 Å². The van der Waals surface area contributed by atoms with E-state index < -0.39 is 0 Å². The number of furan rings is 1. The highest BCUT2D eigenvalue weighted by molar-refractivity contribution is 5.77. The summed E-state index contributed by atoms with van der Waals surface area (Å²) in [5.41, 5.74) is 0.995. The molecule has 1 fully saturated rings. The zero-order valence-electron chi connectivity index (χ0n) is 13.0. The van der Waals surface area contributed by atoms with E-state index in [2.05, 4.69) is 41.4 Å². The summed E-state index contributed by atoms with van der Waals surface area (Å²) >= 11 is 0. The van der Waals surface area contributed by atoms with Gasteiger partial charge in [-0.3, -0.25) is 0 Å². The highest BCUT2D eigenvalue weighted by Crippen LogP contribution is 2.25. The molecule has 1 aliphatic rings. The summed E-state index contributed by atoms with van der Waals surface area (Å²) in [7, 11) is 0. The molecule has 3 rings (SSSR count). The van der Waals surface area contributed by atoms with Crippen molar-refractivity contribution in [2.45, 2.75) is 38.6 Å². The zero-order chi connectivity index (χ0) is 14.5. The van der Waals surface area contributed by atoms with Crippen LogP contribution in [0.2, 0.25) is 0 Å². The fraction of sp³-hybridized carbons (Fsp3) is 0.556. The highest BCUT2D eigenvalue weighted by atomic mass is 16.3. The predicted octanol–water partition coefficient (Wildman–Crippen LogP) is 3.96. The quantitative estimate of drug-likeness (QED) is 0.871. The Hall–Kier alpha value is -1.32. The fourth-order valence-electron chi connectivity index (χ4n) is 3.15. The first kappa shape index (κ1) is 14.6. The molecule has 3 heteroatoms. The van der Waals surface area contributed by atoms with Gasteiger partial charge in [0.1, 0.15) is 11.3 Å². The molecule has 1 saturated heterocycles. The van der Waals surface area contributed by atoms with E-state index in [-0.39, 0.29) is 0 Å². The van der Waals surface area contributed by atoms with Gasteiger partial charge in [-0.2, -0.15) is 0 Å². The maximum atomic E-state index is 6.08. The minimum Gasteiger partial charge on any atom is -0.459 e. The second-order valence-electron chi connectivity index (χ2n) is 6.05. The van der Waals surface area contributed by atoms with Gasteiger partial charge in [0.05, 0.1) is 6.04 Å². The summed E-state index contributed by atoms with van der Waals surface area (Å²) in [5.74, 6) is 1.08. The molecule has 1 aromatic carbocycles. The van der Waals surface area contributed by atoms with E-state index >= 15 is 0 Å². The third-order valence-electron chi connectivity index (χ3n) is 4.32. The maximum absolute atomic E-state index is 6.08. The number of para-hydroxylation sites is 1. The van der Waals surface area contributed by atoms with Crippen LogP contribution < -0.4 is 5.32 Å². The lowest BCUT2D eigenvalue weighted by Crippen LogP contribution is -2.38. The molecule has 0 aliphatic carbocycles. The molecular weight excluding hydrogens is 260 g/mol. The van der Waals surface area contributed by atoms with E-state index in [1.807, 2.05) is 6.07 Å². The lowest BCUT2D eigenvalue weighted by atomic mass is 10.1. The molecule has 2 aromatic rings. The van der Waals surface area contributed by atoms with Gasteiger partial charge in [0.15, 0.2) is 0 Å². The summed E-state index contributed by atoms with van der Waals surface area (Å²) in [6, 6.07) is 10.8. The number of hydrogen-bond donors (Lipinski definition) is 1. The summed E-state index contributed by atoms with van der Waals surface area (Å²) in [6.45, 7) is 6.76. The second-order valence-corrected chi connectivity index (χ2v) is 6.05. The largest absolute Gasteiger partial charge is 0.459 e. The summed E-state index contributed by atoms with van der Waals surface area (Å²) < 4.78 is 6.08. The highest BCUT2D eigenvalue weighted by Gasteiger charge is 2.20. The van der Waals surface area contributed by atoms with E-state index in [4.69, 9.17) is 4.42 Å². The minimum atomic E-state index is 0.301. The topological polar surface area (TPSA) is 28.4 Å². The number of hydrogen-bond acceptors (Lipinski definition) is 3. The SMILES string of the molecule is CCCNC(CN1CCCCC1)c1cc2ccccc2o1. The first-order valence-corrected chi connectivity index (χ1v) is 8.31. The van der Waals surface area contributed by atoms with Crippen LogP contribution in [0, 0.1) is 0 Å². The van der Waals surface area contributed by atoms with Crippen LogP contribution in [0.1, 0.15) is 44.4 Å². The summed E-state index contributed by atoms with van der Waals surface area (Å²) in [6.07, 6.45) is 5.20. The van der Waals surface area contributed by atoms with Crippen LogP contribution in [-0.2, 0) is 0 Å². The smallest absolute Gasteiger partial charge is 0.134 e. The van der Waals surface area contributed by atoms with E-state index in [0.29, 0.717) is 6.04 Å². The molecule has 1 atom stereocenters. The Morgan fingerprint density at radius 3 is 2.76 bits per heavy atom. The Kier molecular flexibility index (Phi) is 4.94. The Labute approximate surface area is 127 Å². The number of rotatable bonds is 6. The summed E-state index contributed by atoms with van der Waals surface area (Å²) in [4.78, 5) is 2.57. The molecule has 0 radical (unpaired) electrons. The second kappa shape index (κ2) is 7.10. The maximum Gasteiger partial charge on any atom is 0.134 e. The van der Waals surface area contributed by atoms with Crippen molar-refractivity contribution in [1.29, 1.82) is 0 Å². The van der Waals surface area contributed by atoms with Gasteiger partial charge in [0.2, 0.25) is 0 Å². The van der Waals surface area contributed by atoms with Gasteiger partial charge in [0, 0.05) is 11.9 Å². The molecule has 21 heavy (non-hydrogen) atoms. The van der Waals surface area contributed by atoms with Gasteiger partial charge >= 0.3 is 0 Å². The molecule has 1 unspecified atom stereocenters. The minimum absolute atomic E-state index is 0.301. The van der Waals surface area contributed by atoms with E-state index in [0.717, 1.165) is 30.9 Å². The number of benzene rings is 1. The van der Waals surface area contributed by atoms with Crippen LogP contribution in [0.3, 0.4) is 0 Å². The van der Waals surface area contributed by atoms with Crippen LogP contribution in [0.5, 0.6) is 0 Å². The van der Waals surface area contributed by atoms with Crippen LogP contribution in [0.4, 0.5) is 0 Å². The van der Waals surface area contributed by atoms with Gasteiger partial charge < -0.3 is 14.6 Å². The molecule has 114 valence electrons. The fourth-order valence-corrected chi connectivity index (χ4v) is 3.15. The number of likely N-dealkylation sites (tertiary alicyclic amines) is 1. The monoisotopic (exact) mass is 286 g/mol. The van der Waals surface area contributed by atoms with Gasteiger partial charge in [-0.15, -0.1) is 0 Å². The number of nitrogens with one attached hydrogen (secondary N) is 1. The summed E-state index contributed by atoms with van der Waals surface area (Å²) in [5, 5.41) is 4.86. The molecule has 0 amide bonds. The van der Waals surface area contributed by atoms with Gasteiger partial charge in [-0.1, -0.05) is 31.5 Å². The van der Waals surface area contributed by atoms with Crippen molar-refractivity contribution in [3.8, 4) is 0 Å². The van der Waals surface area contributed by atoms with Crippen LogP contribution in [0.25, 0.3) is 11.0 Å². The van der Waals surface area contributed by atoms with Crippen molar-refractivity contribution in [1.82, 2.24) is 10.2 Å². The molecule has 0 spiro atoms. The molecular formula is C18H26N2O. The van der Waals surface area contributed by atoms with Gasteiger partial charge in [-0.05, 0) is 51.0 Å². The Morgan fingerprint density at radius 2 is 2.00 bits per heavy atom. The molecule has 1 N–H and O–H groups in total. The molecule has 0 bridgehead atoms. The molecule has 0 saturated carbocycles. The van der Waals surface area contributed by atoms with E-state index in [1.165, 1.54) is 37.7 Å². The molecule has 3 nitrogen and oxygen atoms in total. The average Bonchev–Trinajstić information content (AvgIpc) is 2.96. The van der Waals surface area contributed by atoms with E-state index in [1.54, 1.807) is 0 Å². The first-order chi connectivity index (χ1) is 10.4. The van der Waals surface area contributed by atoms with Crippen molar-refractivity contribution < 1.29 is 4.42 Å². The van der Waals surface area contributed by atoms with E-state index in [9.17, 15) is 0 Å². The van der Waals surface area contributed by atoms with Crippen LogP contribution in [-0.4, -0.2) is 31.1 Å². The lowest BCUT2D eigenvalue weighted by Gasteiger charge is -2.30. The van der Waals surface area contributed by atoms with Gasteiger partial charge in [-0.25, -0.2) is 0 Å². The normalized spacial score (nSPS) is 18.1. The van der Waals surface area contributed by atoms with Crippen LogP contribution >= 0.6 is 0 Å². The van der Waals surface area contributed by atoms with Crippen molar-refractivity contribution in [2.75, 3.05) is 26.2 Å². The molecule has 1 aliphatic heterocycles. The Bertz CT molecular complexity index is 524. The third-order valence-corrected chi connectivity index (χ3v) is 4.32. The first-order valence-electron chi connectivity index (χ1n) is 8.31. The van der Waals surface area contributed by atoms with Crippen molar-refractivity contribution in [3.63, 3.8) is 0 Å².